The van der Waals surface area contributed by atoms with Crippen LogP contribution in [0.5, 0.6) is 0 Å². The maximum absolute atomic E-state index is 13.8. The molecule has 3 aromatic rings. The molecule has 36 heavy (non-hydrogen) atoms. The van der Waals surface area contributed by atoms with Gasteiger partial charge in [-0.05, 0) is 47.7 Å². The lowest BCUT2D eigenvalue weighted by atomic mass is 9.78. The molecule has 7 heteroatoms. The van der Waals surface area contributed by atoms with Crippen molar-refractivity contribution in [2.24, 2.45) is 0 Å². The van der Waals surface area contributed by atoms with E-state index in [9.17, 15) is 19.5 Å². The van der Waals surface area contributed by atoms with Crippen LogP contribution in [0.2, 0.25) is 5.02 Å². The van der Waals surface area contributed by atoms with Gasteiger partial charge in [0.2, 0.25) is 5.91 Å². The first-order chi connectivity index (χ1) is 17.4. The van der Waals surface area contributed by atoms with Gasteiger partial charge in [-0.15, -0.1) is 0 Å². The summed E-state index contributed by atoms with van der Waals surface area (Å²) in [7, 11) is 0. The van der Waals surface area contributed by atoms with Crippen LogP contribution in [0.15, 0.2) is 90.1 Å². The number of allylic oxidation sites excluding steroid dienone is 1. The Morgan fingerprint density at radius 3 is 2.31 bits per heavy atom. The molecule has 6 nitrogen and oxygen atoms in total. The van der Waals surface area contributed by atoms with Gasteiger partial charge in [0.15, 0.2) is 5.78 Å². The van der Waals surface area contributed by atoms with Crippen molar-refractivity contribution in [2.45, 2.75) is 37.6 Å². The van der Waals surface area contributed by atoms with E-state index in [1.165, 1.54) is 0 Å². The zero-order valence-electron chi connectivity index (χ0n) is 19.5. The molecule has 1 aliphatic heterocycles. The number of Topliss-reactive ketones (excluding diaryl/α,β-unsaturated/α-hetero) is 1. The molecular formula is C29H25ClN2O4. The number of halogens is 1. The van der Waals surface area contributed by atoms with Gasteiger partial charge >= 0.3 is 5.97 Å². The van der Waals surface area contributed by atoms with E-state index in [0.29, 0.717) is 34.8 Å². The van der Waals surface area contributed by atoms with E-state index >= 15 is 0 Å². The fraction of sp³-hybridized carbons (Fsp3) is 0.207. The second kappa shape index (κ2) is 9.99. The Kier molecular flexibility index (Phi) is 6.61. The van der Waals surface area contributed by atoms with Gasteiger partial charge in [0.1, 0.15) is 0 Å². The summed E-state index contributed by atoms with van der Waals surface area (Å²) in [6.45, 7) is 0. The number of carbonyl (C=O) groups is 3. The summed E-state index contributed by atoms with van der Waals surface area (Å²) >= 11 is 6.16. The first kappa shape index (κ1) is 23.8. The number of carboxylic acid groups (broad SMARTS) is 1. The van der Waals surface area contributed by atoms with Gasteiger partial charge in [0, 0.05) is 29.1 Å². The van der Waals surface area contributed by atoms with Crippen LogP contribution in [0.3, 0.4) is 0 Å². The van der Waals surface area contributed by atoms with Crippen LogP contribution in [-0.2, 0) is 14.4 Å². The Balaban J connectivity index is 1.68. The number of amides is 1. The summed E-state index contributed by atoms with van der Waals surface area (Å²) < 4.78 is 0. The molecule has 0 saturated heterocycles. The molecule has 182 valence electrons. The molecule has 0 saturated carbocycles. The smallest absolute Gasteiger partial charge is 0.303 e. The predicted molar refractivity (Wildman–Crippen MR) is 139 cm³/mol. The minimum Gasteiger partial charge on any atom is -0.481 e. The SMILES string of the molecule is O=C(O)CCC(=O)N1c2ccccc2NC2=C(C(=O)C[C@H](c3ccccc3)C2)[C@@H]1c1ccc(Cl)cc1. The molecule has 0 fully saturated rings. The number of aliphatic carboxylic acids is 1. The predicted octanol–water partition coefficient (Wildman–Crippen LogP) is 6.11. The minimum absolute atomic E-state index is 0.0113. The Bertz CT molecular complexity index is 1350. The zero-order chi connectivity index (χ0) is 25.2. The van der Waals surface area contributed by atoms with Gasteiger partial charge in [-0.3, -0.25) is 19.3 Å². The summed E-state index contributed by atoms with van der Waals surface area (Å²) in [4.78, 5) is 40.3. The van der Waals surface area contributed by atoms with Crippen LogP contribution in [0.4, 0.5) is 11.4 Å². The number of fused-ring (bicyclic) bond motifs is 1. The van der Waals surface area contributed by atoms with E-state index in [1.54, 1.807) is 17.0 Å². The zero-order valence-corrected chi connectivity index (χ0v) is 20.2. The van der Waals surface area contributed by atoms with E-state index in [1.807, 2.05) is 66.7 Å². The standard InChI is InChI=1S/C29H25ClN2O4/c30-21-12-10-19(11-13-21)29-28-23(16-20(17-25(28)33)18-6-2-1-3-7-18)31-22-8-4-5-9-24(22)32(29)26(34)14-15-27(35)36/h1-13,20,29,31H,14-17H2,(H,35,36)/t20-,29+/m1/s1. The molecule has 1 aliphatic carbocycles. The monoisotopic (exact) mass is 500 g/mol. The Labute approximate surface area is 214 Å². The third-order valence-electron chi connectivity index (χ3n) is 6.77. The fourth-order valence-electron chi connectivity index (χ4n) is 5.12. The average Bonchev–Trinajstić information content (AvgIpc) is 3.03. The average molecular weight is 501 g/mol. The molecule has 0 radical (unpaired) electrons. The number of nitrogens with zero attached hydrogens (tertiary/aromatic N) is 1. The van der Waals surface area contributed by atoms with E-state index in [0.717, 1.165) is 16.8 Å². The molecule has 0 aromatic heterocycles. The van der Waals surface area contributed by atoms with Crippen molar-refractivity contribution in [1.29, 1.82) is 0 Å². The van der Waals surface area contributed by atoms with Crippen LogP contribution in [0.1, 0.15) is 48.8 Å². The van der Waals surface area contributed by atoms with Crippen LogP contribution < -0.4 is 10.2 Å². The third-order valence-corrected chi connectivity index (χ3v) is 7.02. The highest BCUT2D eigenvalue weighted by atomic mass is 35.5. The largest absolute Gasteiger partial charge is 0.481 e. The van der Waals surface area contributed by atoms with Crippen molar-refractivity contribution in [3.63, 3.8) is 0 Å². The summed E-state index contributed by atoms with van der Waals surface area (Å²) in [5.74, 6) is -1.44. The first-order valence-electron chi connectivity index (χ1n) is 11.9. The minimum atomic E-state index is -1.05. The number of anilines is 2. The number of carboxylic acids is 1. The molecule has 0 unspecified atom stereocenters. The van der Waals surface area contributed by atoms with Crippen molar-refractivity contribution in [3.8, 4) is 0 Å². The highest BCUT2D eigenvalue weighted by Gasteiger charge is 2.41. The van der Waals surface area contributed by atoms with Crippen molar-refractivity contribution in [2.75, 3.05) is 10.2 Å². The Morgan fingerprint density at radius 1 is 0.889 bits per heavy atom. The topological polar surface area (TPSA) is 86.7 Å². The van der Waals surface area contributed by atoms with Crippen molar-refractivity contribution in [1.82, 2.24) is 0 Å². The Morgan fingerprint density at radius 2 is 1.58 bits per heavy atom. The molecule has 2 aliphatic rings. The highest BCUT2D eigenvalue weighted by Crippen LogP contribution is 2.47. The molecule has 1 amide bonds. The molecular weight excluding hydrogens is 476 g/mol. The number of benzene rings is 3. The lowest BCUT2D eigenvalue weighted by molar-refractivity contribution is -0.138. The first-order valence-corrected chi connectivity index (χ1v) is 12.3. The van der Waals surface area contributed by atoms with E-state index in [-0.39, 0.29) is 30.4 Å². The molecule has 3 aromatic carbocycles. The number of nitrogens with one attached hydrogen (secondary N) is 1. The summed E-state index contributed by atoms with van der Waals surface area (Å²) in [5, 5.41) is 13.3. The molecule has 1 heterocycles. The fourth-order valence-corrected chi connectivity index (χ4v) is 5.25. The summed E-state index contributed by atoms with van der Waals surface area (Å²) in [5.41, 5.74) is 4.44. The van der Waals surface area contributed by atoms with E-state index < -0.39 is 12.0 Å². The number of hydrogen-bond donors (Lipinski definition) is 2. The maximum atomic E-state index is 13.8. The van der Waals surface area contributed by atoms with Crippen molar-refractivity contribution < 1.29 is 19.5 Å². The Hall–Kier alpha value is -3.90. The lowest BCUT2D eigenvalue weighted by Gasteiger charge is -2.35. The second-order valence-corrected chi connectivity index (χ2v) is 9.52. The lowest BCUT2D eigenvalue weighted by Crippen LogP contribution is -2.38. The van der Waals surface area contributed by atoms with Crippen molar-refractivity contribution >= 4 is 40.6 Å². The van der Waals surface area contributed by atoms with Gasteiger partial charge < -0.3 is 10.4 Å². The van der Waals surface area contributed by atoms with Gasteiger partial charge in [-0.1, -0.05) is 66.2 Å². The number of carbonyl (C=O) groups excluding carboxylic acids is 2. The molecule has 2 atom stereocenters. The van der Waals surface area contributed by atoms with Gasteiger partial charge in [0.05, 0.1) is 23.8 Å². The summed E-state index contributed by atoms with van der Waals surface area (Å²) in [6, 6.07) is 23.8. The van der Waals surface area contributed by atoms with Gasteiger partial charge in [-0.2, -0.15) is 0 Å². The van der Waals surface area contributed by atoms with Crippen LogP contribution in [0, 0.1) is 0 Å². The number of rotatable bonds is 5. The highest BCUT2D eigenvalue weighted by molar-refractivity contribution is 6.30. The molecule has 0 bridgehead atoms. The van der Waals surface area contributed by atoms with Crippen molar-refractivity contribution in [3.05, 3.63) is 106 Å². The molecule has 5 rings (SSSR count). The quantitative estimate of drug-likeness (QED) is 0.441. The third kappa shape index (κ3) is 4.64. The van der Waals surface area contributed by atoms with Crippen LogP contribution >= 0.6 is 11.6 Å². The van der Waals surface area contributed by atoms with Gasteiger partial charge in [-0.25, -0.2) is 0 Å². The van der Waals surface area contributed by atoms with E-state index in [2.05, 4.69) is 5.32 Å². The second-order valence-electron chi connectivity index (χ2n) is 9.08. The maximum Gasteiger partial charge on any atom is 0.303 e. The normalized spacial score (nSPS) is 19.1. The van der Waals surface area contributed by atoms with Crippen LogP contribution in [-0.4, -0.2) is 22.8 Å². The number of para-hydroxylation sites is 2. The molecule has 2 N–H and O–H groups in total. The van der Waals surface area contributed by atoms with Crippen LogP contribution in [0.25, 0.3) is 0 Å². The number of ketones is 1. The summed E-state index contributed by atoms with van der Waals surface area (Å²) in [6.07, 6.45) is 0.453. The van der Waals surface area contributed by atoms with E-state index in [4.69, 9.17) is 11.6 Å². The van der Waals surface area contributed by atoms with Gasteiger partial charge in [0.25, 0.3) is 0 Å². The number of hydrogen-bond acceptors (Lipinski definition) is 4. The molecule has 0 spiro atoms.